The van der Waals surface area contributed by atoms with Gasteiger partial charge < -0.3 is 10.2 Å². The lowest BCUT2D eigenvalue weighted by molar-refractivity contribution is -0.140. The highest BCUT2D eigenvalue weighted by atomic mass is 35.5. The summed E-state index contributed by atoms with van der Waals surface area (Å²) in [7, 11) is -4.17. The van der Waals surface area contributed by atoms with Gasteiger partial charge in [0, 0.05) is 24.5 Å². The van der Waals surface area contributed by atoms with Crippen LogP contribution in [0, 0.1) is 20.8 Å². The first kappa shape index (κ1) is 32.8. The fourth-order valence-corrected chi connectivity index (χ4v) is 6.70. The molecule has 230 valence electrons. The molecular weight excluding hydrogens is 594 g/mol. The second-order valence-electron chi connectivity index (χ2n) is 10.9. The Balaban J connectivity index is 1.83. The third-order valence-electron chi connectivity index (χ3n) is 7.39. The molecule has 0 saturated carbocycles. The van der Waals surface area contributed by atoms with Crippen LogP contribution >= 0.6 is 11.6 Å². The molecule has 4 aromatic carbocycles. The summed E-state index contributed by atoms with van der Waals surface area (Å²) in [5, 5.41) is 3.36. The van der Waals surface area contributed by atoms with E-state index < -0.39 is 28.5 Å². The summed E-state index contributed by atoms with van der Waals surface area (Å²) in [6, 6.07) is 27.7. The minimum absolute atomic E-state index is 0.0548. The Hall–Kier alpha value is -4.14. The van der Waals surface area contributed by atoms with E-state index in [-0.39, 0.29) is 23.8 Å². The number of carbonyl (C=O) groups excluding carboxylic acids is 2. The number of halogens is 1. The number of nitrogens with one attached hydrogen (secondary N) is 1. The van der Waals surface area contributed by atoms with Gasteiger partial charge in [0.25, 0.3) is 10.0 Å². The van der Waals surface area contributed by atoms with Gasteiger partial charge in [-0.25, -0.2) is 8.42 Å². The number of hydrogen-bond donors (Lipinski definition) is 1. The van der Waals surface area contributed by atoms with Crippen LogP contribution in [0.5, 0.6) is 0 Å². The lowest BCUT2D eigenvalue weighted by Crippen LogP contribution is -2.53. The first-order valence-corrected chi connectivity index (χ1v) is 16.3. The average Bonchev–Trinajstić information content (AvgIpc) is 2.99. The fraction of sp³-hybridized carbons (Fsp3) is 0.257. The predicted molar refractivity (Wildman–Crippen MR) is 176 cm³/mol. The zero-order valence-electron chi connectivity index (χ0n) is 25.5. The van der Waals surface area contributed by atoms with E-state index >= 15 is 0 Å². The molecule has 4 aromatic rings. The minimum atomic E-state index is -4.17. The van der Waals surface area contributed by atoms with E-state index in [9.17, 15) is 18.0 Å². The summed E-state index contributed by atoms with van der Waals surface area (Å²) in [5.41, 5.74) is 4.45. The van der Waals surface area contributed by atoms with Crippen molar-refractivity contribution in [2.45, 2.75) is 51.6 Å². The minimum Gasteiger partial charge on any atom is -0.355 e. The number of benzene rings is 4. The number of anilines is 1. The topological polar surface area (TPSA) is 86.8 Å². The number of hydrogen-bond acceptors (Lipinski definition) is 4. The van der Waals surface area contributed by atoms with Crippen LogP contribution in [-0.2, 0) is 32.6 Å². The maximum atomic E-state index is 14.5. The molecule has 0 aliphatic heterocycles. The molecule has 7 nitrogen and oxygen atoms in total. The van der Waals surface area contributed by atoms with Crippen molar-refractivity contribution in [3.05, 3.63) is 130 Å². The molecule has 44 heavy (non-hydrogen) atoms. The molecule has 0 spiro atoms. The number of amides is 2. The van der Waals surface area contributed by atoms with Crippen LogP contribution in [0.1, 0.15) is 34.7 Å². The van der Waals surface area contributed by atoms with Crippen LogP contribution in [0.25, 0.3) is 0 Å². The fourth-order valence-electron chi connectivity index (χ4n) is 5.02. The highest BCUT2D eigenvalue weighted by molar-refractivity contribution is 7.92. The van der Waals surface area contributed by atoms with Crippen molar-refractivity contribution in [1.82, 2.24) is 10.2 Å². The third kappa shape index (κ3) is 8.07. The lowest BCUT2D eigenvalue weighted by atomic mass is 10.0. The Labute approximate surface area is 265 Å². The van der Waals surface area contributed by atoms with Gasteiger partial charge in [-0.15, -0.1) is 0 Å². The first-order chi connectivity index (χ1) is 21.0. The molecule has 0 bridgehead atoms. The summed E-state index contributed by atoms with van der Waals surface area (Å²) in [6.45, 7) is 7.30. The van der Waals surface area contributed by atoms with E-state index in [0.29, 0.717) is 28.4 Å². The van der Waals surface area contributed by atoms with Crippen molar-refractivity contribution in [3.8, 4) is 0 Å². The van der Waals surface area contributed by atoms with Crippen LogP contribution in [0.2, 0.25) is 5.02 Å². The normalized spacial score (nSPS) is 11.9. The largest absolute Gasteiger partial charge is 0.355 e. The van der Waals surface area contributed by atoms with Crippen LogP contribution in [-0.4, -0.2) is 44.3 Å². The zero-order valence-corrected chi connectivity index (χ0v) is 27.0. The summed E-state index contributed by atoms with van der Waals surface area (Å²) in [6.07, 6.45) is 0.243. The van der Waals surface area contributed by atoms with Crippen molar-refractivity contribution in [3.63, 3.8) is 0 Å². The lowest BCUT2D eigenvalue weighted by Gasteiger charge is -2.34. The number of likely N-dealkylation sites (N-methyl/N-ethyl adjacent to an activating group) is 1. The molecule has 0 unspecified atom stereocenters. The smallest absolute Gasteiger partial charge is 0.264 e. The number of aryl methyl sites for hydroxylation is 3. The molecule has 0 heterocycles. The molecule has 0 aliphatic carbocycles. The Kier molecular flexibility index (Phi) is 10.8. The molecule has 0 radical (unpaired) electrons. The van der Waals surface area contributed by atoms with E-state index in [1.54, 1.807) is 48.5 Å². The number of rotatable bonds is 12. The van der Waals surface area contributed by atoms with E-state index in [2.05, 4.69) is 5.32 Å². The van der Waals surface area contributed by atoms with Crippen molar-refractivity contribution in [2.24, 2.45) is 0 Å². The van der Waals surface area contributed by atoms with Gasteiger partial charge in [0.1, 0.15) is 12.6 Å². The molecule has 1 N–H and O–H groups in total. The van der Waals surface area contributed by atoms with Gasteiger partial charge in [0.15, 0.2) is 0 Å². The van der Waals surface area contributed by atoms with Gasteiger partial charge in [0.05, 0.1) is 10.6 Å². The van der Waals surface area contributed by atoms with Crippen LogP contribution in [0.4, 0.5) is 5.69 Å². The number of nitrogens with zero attached hydrogens (tertiary/aromatic N) is 2. The van der Waals surface area contributed by atoms with Gasteiger partial charge in [-0.05, 0) is 80.3 Å². The number of sulfonamides is 1. The standard InChI is InChI=1S/C35H38ClN3O4S/c1-5-37-35(41)33(22-28-10-7-6-8-11-28)38(23-29-12-9-13-30(36)21-29)34(40)24-39(32-20-26(3)14-17-27(32)4)44(42,43)31-18-15-25(2)16-19-31/h6-21,33H,5,22-24H2,1-4H3,(H,37,41)/t33-/m1/s1. The molecule has 4 rings (SSSR count). The molecule has 1 atom stereocenters. The van der Waals surface area contributed by atoms with E-state index in [1.807, 2.05) is 76.2 Å². The Morgan fingerprint density at radius 3 is 2.14 bits per heavy atom. The van der Waals surface area contributed by atoms with E-state index in [1.165, 1.54) is 4.90 Å². The summed E-state index contributed by atoms with van der Waals surface area (Å²) in [5.74, 6) is -0.847. The molecule has 9 heteroatoms. The molecule has 0 aliphatic rings. The predicted octanol–water partition coefficient (Wildman–Crippen LogP) is 6.24. The van der Waals surface area contributed by atoms with Gasteiger partial charge in [-0.1, -0.05) is 83.9 Å². The second kappa shape index (κ2) is 14.6. The Morgan fingerprint density at radius 2 is 1.48 bits per heavy atom. The molecular formula is C35H38ClN3O4S. The van der Waals surface area contributed by atoms with Gasteiger partial charge in [0.2, 0.25) is 11.8 Å². The SMILES string of the molecule is CCNC(=O)[C@@H](Cc1ccccc1)N(Cc1cccc(Cl)c1)C(=O)CN(c1cc(C)ccc1C)S(=O)(=O)c1ccc(C)cc1. The maximum Gasteiger partial charge on any atom is 0.264 e. The molecule has 0 saturated heterocycles. The van der Waals surface area contributed by atoms with Crippen molar-refractivity contribution in [2.75, 3.05) is 17.4 Å². The maximum absolute atomic E-state index is 14.5. The Morgan fingerprint density at radius 1 is 0.818 bits per heavy atom. The van der Waals surface area contributed by atoms with Gasteiger partial charge in [-0.2, -0.15) is 0 Å². The second-order valence-corrected chi connectivity index (χ2v) is 13.2. The first-order valence-electron chi connectivity index (χ1n) is 14.5. The van der Waals surface area contributed by atoms with Crippen LogP contribution in [0.3, 0.4) is 0 Å². The van der Waals surface area contributed by atoms with Crippen molar-refractivity contribution < 1.29 is 18.0 Å². The van der Waals surface area contributed by atoms with E-state index in [0.717, 1.165) is 21.0 Å². The van der Waals surface area contributed by atoms with Crippen molar-refractivity contribution in [1.29, 1.82) is 0 Å². The summed E-state index contributed by atoms with van der Waals surface area (Å²) < 4.78 is 29.6. The Bertz CT molecular complexity index is 1710. The molecule has 2 amide bonds. The number of carbonyl (C=O) groups is 2. The van der Waals surface area contributed by atoms with Crippen molar-refractivity contribution >= 4 is 39.1 Å². The summed E-state index contributed by atoms with van der Waals surface area (Å²) >= 11 is 6.29. The average molecular weight is 632 g/mol. The third-order valence-corrected chi connectivity index (χ3v) is 9.39. The highest BCUT2D eigenvalue weighted by Gasteiger charge is 2.35. The highest BCUT2D eigenvalue weighted by Crippen LogP contribution is 2.29. The monoisotopic (exact) mass is 631 g/mol. The van der Waals surface area contributed by atoms with Crippen LogP contribution in [0.15, 0.2) is 102 Å². The van der Waals surface area contributed by atoms with E-state index in [4.69, 9.17) is 11.6 Å². The molecule has 0 fully saturated rings. The quantitative estimate of drug-likeness (QED) is 0.201. The zero-order chi connectivity index (χ0) is 31.9. The van der Waals surface area contributed by atoms with Crippen LogP contribution < -0.4 is 9.62 Å². The summed E-state index contributed by atoms with van der Waals surface area (Å²) in [4.78, 5) is 29.6. The van der Waals surface area contributed by atoms with Gasteiger partial charge >= 0.3 is 0 Å². The van der Waals surface area contributed by atoms with Gasteiger partial charge in [-0.3, -0.25) is 13.9 Å². The molecule has 0 aromatic heterocycles.